The predicted molar refractivity (Wildman–Crippen MR) is 100 cm³/mol. The van der Waals surface area contributed by atoms with Crippen molar-refractivity contribution in [1.82, 2.24) is 5.32 Å². The van der Waals surface area contributed by atoms with E-state index in [1.165, 1.54) is 0 Å². The normalized spacial score (nSPS) is 18.3. The molecule has 1 aromatic rings. The highest BCUT2D eigenvalue weighted by atomic mass is 32.2. The molecule has 0 bridgehead atoms. The minimum absolute atomic E-state index is 0.0968. The van der Waals surface area contributed by atoms with E-state index >= 15 is 0 Å². The Bertz CT molecular complexity index is 797. The summed E-state index contributed by atoms with van der Waals surface area (Å²) in [7, 11) is 0. The van der Waals surface area contributed by atoms with E-state index in [-0.39, 0.29) is 11.5 Å². The van der Waals surface area contributed by atoms with Crippen LogP contribution in [0.1, 0.15) is 48.9 Å². The van der Waals surface area contributed by atoms with Crippen molar-refractivity contribution in [3.63, 3.8) is 0 Å². The number of benzene rings is 1. The SMILES string of the molecule is N#CC1(NC(=O)COC(=O)c2ccc3c(c2)NC(=O)CCS3)CCCCC1. The van der Waals surface area contributed by atoms with Crippen LogP contribution in [0.15, 0.2) is 23.1 Å². The molecule has 0 spiro atoms. The highest BCUT2D eigenvalue weighted by Gasteiger charge is 2.33. The van der Waals surface area contributed by atoms with E-state index < -0.39 is 24.0 Å². The molecule has 0 saturated heterocycles. The molecule has 0 radical (unpaired) electrons. The van der Waals surface area contributed by atoms with Gasteiger partial charge in [-0.2, -0.15) is 5.26 Å². The summed E-state index contributed by atoms with van der Waals surface area (Å²) in [6, 6.07) is 7.13. The van der Waals surface area contributed by atoms with Gasteiger partial charge in [0, 0.05) is 17.1 Å². The Hall–Kier alpha value is -2.53. The lowest BCUT2D eigenvalue weighted by Gasteiger charge is -2.31. The number of ether oxygens (including phenoxy) is 1. The molecule has 0 unspecified atom stereocenters. The van der Waals surface area contributed by atoms with Crippen molar-refractivity contribution < 1.29 is 19.1 Å². The number of esters is 1. The number of thioether (sulfide) groups is 1. The van der Waals surface area contributed by atoms with Crippen LogP contribution in [0.25, 0.3) is 0 Å². The zero-order valence-electron chi connectivity index (χ0n) is 14.9. The third-order valence-corrected chi connectivity index (χ3v) is 5.79. The molecule has 8 heteroatoms. The summed E-state index contributed by atoms with van der Waals surface area (Å²) >= 11 is 1.54. The van der Waals surface area contributed by atoms with Crippen molar-refractivity contribution in [3.8, 4) is 6.07 Å². The van der Waals surface area contributed by atoms with Crippen LogP contribution < -0.4 is 10.6 Å². The third-order valence-electron chi connectivity index (χ3n) is 4.71. The van der Waals surface area contributed by atoms with E-state index in [9.17, 15) is 19.6 Å². The number of fused-ring (bicyclic) bond motifs is 1. The Balaban J connectivity index is 1.58. The van der Waals surface area contributed by atoms with Crippen LogP contribution in [-0.4, -0.2) is 35.7 Å². The van der Waals surface area contributed by atoms with Crippen LogP contribution in [0.3, 0.4) is 0 Å². The van der Waals surface area contributed by atoms with Gasteiger partial charge in [0.05, 0.1) is 17.3 Å². The number of hydrogen-bond acceptors (Lipinski definition) is 6. The molecule has 1 aromatic carbocycles. The van der Waals surface area contributed by atoms with Gasteiger partial charge < -0.3 is 15.4 Å². The smallest absolute Gasteiger partial charge is 0.338 e. The number of anilines is 1. The van der Waals surface area contributed by atoms with E-state index in [0.717, 1.165) is 24.2 Å². The summed E-state index contributed by atoms with van der Waals surface area (Å²) in [5, 5.41) is 14.9. The van der Waals surface area contributed by atoms with Crippen LogP contribution in [-0.2, 0) is 14.3 Å². The number of amides is 2. The van der Waals surface area contributed by atoms with Gasteiger partial charge in [-0.25, -0.2) is 4.79 Å². The van der Waals surface area contributed by atoms with Crippen LogP contribution in [0.2, 0.25) is 0 Å². The zero-order chi connectivity index (χ0) is 19.3. The summed E-state index contributed by atoms with van der Waals surface area (Å²) in [4.78, 5) is 37.0. The van der Waals surface area contributed by atoms with Gasteiger partial charge >= 0.3 is 5.97 Å². The Morgan fingerprint density at radius 2 is 2.07 bits per heavy atom. The van der Waals surface area contributed by atoms with Crippen molar-refractivity contribution in [2.24, 2.45) is 0 Å². The molecular weight excluding hydrogens is 366 g/mol. The maximum atomic E-state index is 12.3. The quantitative estimate of drug-likeness (QED) is 0.769. The van der Waals surface area contributed by atoms with Crippen molar-refractivity contribution in [3.05, 3.63) is 23.8 Å². The molecule has 0 aromatic heterocycles. The number of nitriles is 1. The van der Waals surface area contributed by atoms with Gasteiger partial charge in [-0.1, -0.05) is 19.3 Å². The molecule has 1 fully saturated rings. The molecule has 1 saturated carbocycles. The third kappa shape index (κ3) is 4.80. The van der Waals surface area contributed by atoms with Crippen LogP contribution >= 0.6 is 11.8 Å². The molecule has 7 nitrogen and oxygen atoms in total. The van der Waals surface area contributed by atoms with Crippen molar-refractivity contribution >= 4 is 35.2 Å². The van der Waals surface area contributed by atoms with Gasteiger partial charge in [0.15, 0.2) is 6.61 Å². The number of nitrogens with one attached hydrogen (secondary N) is 2. The summed E-state index contributed by atoms with van der Waals surface area (Å²) in [6.07, 6.45) is 4.50. The molecule has 1 aliphatic carbocycles. The van der Waals surface area contributed by atoms with Crippen molar-refractivity contribution in [2.45, 2.75) is 49.0 Å². The molecule has 3 rings (SSSR count). The molecular formula is C19H21N3O4S. The fourth-order valence-corrected chi connectivity index (χ4v) is 4.22. The highest BCUT2D eigenvalue weighted by Crippen LogP contribution is 2.31. The molecule has 2 amide bonds. The second-order valence-corrected chi connectivity index (χ2v) is 7.87. The van der Waals surface area contributed by atoms with Crippen LogP contribution in [0, 0.1) is 11.3 Å². The number of rotatable bonds is 4. The van der Waals surface area contributed by atoms with Gasteiger partial charge in [-0.05, 0) is 31.0 Å². The van der Waals surface area contributed by atoms with Gasteiger partial charge in [0.2, 0.25) is 5.91 Å². The first-order valence-electron chi connectivity index (χ1n) is 8.97. The number of carbonyl (C=O) groups excluding carboxylic acids is 3. The van der Waals surface area contributed by atoms with E-state index in [1.807, 2.05) is 0 Å². The lowest BCUT2D eigenvalue weighted by molar-refractivity contribution is -0.126. The minimum Gasteiger partial charge on any atom is -0.452 e. The molecule has 0 atom stereocenters. The maximum absolute atomic E-state index is 12.3. The van der Waals surface area contributed by atoms with Gasteiger partial charge in [-0.15, -0.1) is 11.8 Å². The summed E-state index contributed by atoms with van der Waals surface area (Å²) in [6.45, 7) is -0.444. The van der Waals surface area contributed by atoms with Crippen molar-refractivity contribution in [1.29, 1.82) is 5.26 Å². The molecule has 2 N–H and O–H groups in total. The predicted octanol–water partition coefficient (Wildman–Crippen LogP) is 2.62. The highest BCUT2D eigenvalue weighted by molar-refractivity contribution is 7.99. The first kappa shape index (κ1) is 19.2. The Morgan fingerprint density at radius 3 is 2.81 bits per heavy atom. The monoisotopic (exact) mass is 387 g/mol. The van der Waals surface area contributed by atoms with Gasteiger partial charge in [0.25, 0.3) is 5.91 Å². The lowest BCUT2D eigenvalue weighted by Crippen LogP contribution is -2.50. The second-order valence-electron chi connectivity index (χ2n) is 6.74. The average Bonchev–Trinajstić information content (AvgIpc) is 2.86. The van der Waals surface area contributed by atoms with Crippen LogP contribution in [0.4, 0.5) is 5.69 Å². The minimum atomic E-state index is -0.854. The summed E-state index contributed by atoms with van der Waals surface area (Å²) < 4.78 is 5.09. The molecule has 27 heavy (non-hydrogen) atoms. The maximum Gasteiger partial charge on any atom is 0.338 e. The molecule has 142 valence electrons. The molecule has 1 aliphatic heterocycles. The molecule has 1 heterocycles. The Kier molecular flexibility index (Phi) is 6.01. The Morgan fingerprint density at radius 1 is 1.30 bits per heavy atom. The largest absolute Gasteiger partial charge is 0.452 e. The van der Waals surface area contributed by atoms with Crippen LogP contribution in [0.5, 0.6) is 0 Å². The molecule has 2 aliphatic rings. The Labute approximate surface area is 161 Å². The number of carbonyl (C=O) groups is 3. The van der Waals surface area contributed by atoms with E-state index in [1.54, 1.807) is 30.0 Å². The topological polar surface area (TPSA) is 108 Å². The van der Waals surface area contributed by atoms with E-state index in [4.69, 9.17) is 4.74 Å². The number of nitrogens with zero attached hydrogens (tertiary/aromatic N) is 1. The first-order valence-corrected chi connectivity index (χ1v) is 9.96. The standard InChI is InChI=1S/C19H21N3O4S/c20-12-19(7-2-1-3-8-19)22-17(24)11-26-18(25)13-4-5-15-14(10-13)21-16(23)6-9-27-15/h4-5,10H,1-3,6-9,11H2,(H,21,23)(H,22,24). The summed E-state index contributed by atoms with van der Waals surface area (Å²) in [5.74, 6) is -0.541. The average molecular weight is 387 g/mol. The number of hydrogen-bond donors (Lipinski definition) is 2. The van der Waals surface area contributed by atoms with E-state index in [2.05, 4.69) is 16.7 Å². The fourth-order valence-electron chi connectivity index (χ4n) is 3.28. The van der Waals surface area contributed by atoms with Gasteiger partial charge in [-0.3, -0.25) is 9.59 Å². The fraction of sp³-hybridized carbons (Fsp3) is 0.474. The first-order chi connectivity index (χ1) is 13.0. The van der Waals surface area contributed by atoms with Gasteiger partial charge in [0.1, 0.15) is 5.54 Å². The van der Waals surface area contributed by atoms with Crippen molar-refractivity contribution in [2.75, 3.05) is 17.7 Å². The lowest BCUT2D eigenvalue weighted by atomic mass is 9.83. The summed E-state index contributed by atoms with van der Waals surface area (Å²) in [5.41, 5.74) is -0.0168. The van der Waals surface area contributed by atoms with E-state index in [0.29, 0.717) is 30.7 Å². The zero-order valence-corrected chi connectivity index (χ0v) is 15.7. The second kappa shape index (κ2) is 8.44.